The van der Waals surface area contributed by atoms with Crippen molar-refractivity contribution in [3.05, 3.63) is 69.7 Å². The second-order valence-corrected chi connectivity index (χ2v) is 6.78. The molecule has 26 heavy (non-hydrogen) atoms. The van der Waals surface area contributed by atoms with Crippen molar-refractivity contribution in [1.29, 1.82) is 0 Å². The van der Waals surface area contributed by atoms with E-state index in [1.54, 1.807) is 24.3 Å². The summed E-state index contributed by atoms with van der Waals surface area (Å²) in [5.41, 5.74) is 3.74. The Morgan fingerprint density at radius 3 is 2.81 bits per heavy atom. The molecular formula is C19H15BrClN3O2. The van der Waals surface area contributed by atoms with Crippen LogP contribution in [0.15, 0.2) is 64.2 Å². The smallest absolute Gasteiger partial charge is 0.259 e. The molecule has 3 aromatic carbocycles. The molecule has 0 atom stereocenters. The van der Waals surface area contributed by atoms with E-state index < -0.39 is 0 Å². The van der Waals surface area contributed by atoms with Crippen molar-refractivity contribution in [2.75, 3.05) is 11.9 Å². The van der Waals surface area contributed by atoms with Gasteiger partial charge < -0.3 is 10.4 Å². The maximum Gasteiger partial charge on any atom is 0.259 e. The second-order valence-electron chi connectivity index (χ2n) is 5.49. The van der Waals surface area contributed by atoms with Crippen LogP contribution in [-0.4, -0.2) is 23.8 Å². The SMILES string of the molecule is O=C(CNc1ccc(Cl)cc1Br)N/N=C\c1c(O)ccc2ccccc12. The van der Waals surface area contributed by atoms with Crippen LogP contribution in [0, 0.1) is 0 Å². The lowest BCUT2D eigenvalue weighted by Crippen LogP contribution is -2.26. The monoisotopic (exact) mass is 431 g/mol. The van der Waals surface area contributed by atoms with Gasteiger partial charge in [0, 0.05) is 20.7 Å². The molecular weight excluding hydrogens is 418 g/mol. The lowest BCUT2D eigenvalue weighted by Gasteiger charge is -2.08. The predicted octanol–water partition coefficient (Wildman–Crippen LogP) is 4.52. The van der Waals surface area contributed by atoms with E-state index in [1.165, 1.54) is 6.21 Å². The number of anilines is 1. The molecule has 5 nitrogen and oxygen atoms in total. The first-order valence-corrected chi connectivity index (χ1v) is 8.93. The highest BCUT2D eigenvalue weighted by molar-refractivity contribution is 9.10. The van der Waals surface area contributed by atoms with Crippen LogP contribution >= 0.6 is 27.5 Å². The molecule has 7 heteroatoms. The van der Waals surface area contributed by atoms with Crippen LogP contribution in [0.25, 0.3) is 10.8 Å². The number of hydrazone groups is 1. The molecule has 0 heterocycles. The van der Waals surface area contributed by atoms with Gasteiger partial charge in [0.2, 0.25) is 0 Å². The normalized spacial score (nSPS) is 11.0. The number of phenols is 1. The van der Waals surface area contributed by atoms with Crippen molar-refractivity contribution < 1.29 is 9.90 Å². The highest BCUT2D eigenvalue weighted by atomic mass is 79.9. The average Bonchev–Trinajstić information content (AvgIpc) is 2.63. The number of nitrogens with zero attached hydrogens (tertiary/aromatic N) is 1. The van der Waals surface area contributed by atoms with E-state index in [1.807, 2.05) is 30.3 Å². The largest absolute Gasteiger partial charge is 0.507 e. The Morgan fingerprint density at radius 1 is 1.19 bits per heavy atom. The van der Waals surface area contributed by atoms with Gasteiger partial charge in [0.1, 0.15) is 5.75 Å². The third kappa shape index (κ3) is 4.33. The van der Waals surface area contributed by atoms with Crippen LogP contribution in [0.4, 0.5) is 5.69 Å². The predicted molar refractivity (Wildman–Crippen MR) is 109 cm³/mol. The zero-order chi connectivity index (χ0) is 18.5. The number of nitrogens with one attached hydrogen (secondary N) is 2. The molecule has 1 amide bonds. The Bertz CT molecular complexity index is 992. The van der Waals surface area contributed by atoms with E-state index in [2.05, 4.69) is 31.8 Å². The molecule has 0 bridgehead atoms. The molecule has 0 saturated heterocycles. The Kier molecular flexibility index (Phi) is 5.75. The Morgan fingerprint density at radius 2 is 2.00 bits per heavy atom. The third-order valence-corrected chi connectivity index (χ3v) is 4.59. The summed E-state index contributed by atoms with van der Waals surface area (Å²) in [5, 5.41) is 19.4. The number of hydrogen-bond acceptors (Lipinski definition) is 4. The van der Waals surface area contributed by atoms with E-state index >= 15 is 0 Å². The lowest BCUT2D eigenvalue weighted by atomic mass is 10.0. The van der Waals surface area contributed by atoms with Gasteiger partial charge in [-0.1, -0.05) is 41.9 Å². The number of benzene rings is 3. The number of fused-ring (bicyclic) bond motifs is 1. The van der Waals surface area contributed by atoms with Crippen molar-refractivity contribution in [2.24, 2.45) is 5.10 Å². The summed E-state index contributed by atoms with van der Waals surface area (Å²) in [4.78, 5) is 11.9. The van der Waals surface area contributed by atoms with Gasteiger partial charge in [-0.3, -0.25) is 4.79 Å². The van der Waals surface area contributed by atoms with Crippen molar-refractivity contribution >= 4 is 56.1 Å². The first-order valence-electron chi connectivity index (χ1n) is 7.76. The summed E-state index contributed by atoms with van der Waals surface area (Å²) in [6.07, 6.45) is 1.44. The summed E-state index contributed by atoms with van der Waals surface area (Å²) in [5.74, 6) is -0.215. The van der Waals surface area contributed by atoms with E-state index in [0.717, 1.165) is 20.9 Å². The fourth-order valence-electron chi connectivity index (χ4n) is 2.44. The molecule has 0 fully saturated rings. The van der Waals surface area contributed by atoms with E-state index in [-0.39, 0.29) is 18.2 Å². The molecule has 0 aliphatic carbocycles. The standard InChI is InChI=1S/C19H15BrClN3O2/c20-16-9-13(21)6-7-17(16)22-11-19(26)24-23-10-15-14-4-2-1-3-12(14)5-8-18(15)25/h1-10,22,25H,11H2,(H,24,26)/b23-10-. The summed E-state index contributed by atoms with van der Waals surface area (Å²) in [6, 6.07) is 16.3. The van der Waals surface area contributed by atoms with Gasteiger partial charge in [0.25, 0.3) is 5.91 Å². The Hall–Kier alpha value is -2.57. The molecule has 132 valence electrons. The van der Waals surface area contributed by atoms with Gasteiger partial charge >= 0.3 is 0 Å². The van der Waals surface area contributed by atoms with E-state index in [4.69, 9.17) is 11.6 Å². The maximum absolute atomic E-state index is 11.9. The highest BCUT2D eigenvalue weighted by Crippen LogP contribution is 2.26. The molecule has 3 rings (SSSR count). The Labute approximate surface area is 163 Å². The van der Waals surface area contributed by atoms with Crippen LogP contribution in [0.3, 0.4) is 0 Å². The van der Waals surface area contributed by atoms with Crippen LogP contribution in [0.1, 0.15) is 5.56 Å². The number of phenolic OH excluding ortho intramolecular Hbond substituents is 1. The van der Waals surface area contributed by atoms with E-state index in [0.29, 0.717) is 10.6 Å². The fourth-order valence-corrected chi connectivity index (χ4v) is 3.26. The second kappa shape index (κ2) is 8.21. The minimum Gasteiger partial charge on any atom is -0.507 e. The molecule has 3 N–H and O–H groups in total. The summed E-state index contributed by atoms with van der Waals surface area (Å²) >= 11 is 9.26. The molecule has 0 spiro atoms. The van der Waals surface area contributed by atoms with Crippen LogP contribution in [0.5, 0.6) is 5.75 Å². The van der Waals surface area contributed by atoms with E-state index in [9.17, 15) is 9.90 Å². The molecule has 0 unspecified atom stereocenters. The molecule has 0 radical (unpaired) electrons. The summed E-state index contributed by atoms with van der Waals surface area (Å²) in [6.45, 7) is 0.0408. The van der Waals surface area contributed by atoms with Gasteiger partial charge in [-0.05, 0) is 51.0 Å². The van der Waals surface area contributed by atoms with Gasteiger partial charge in [0.05, 0.1) is 12.8 Å². The number of carbonyl (C=O) groups excluding carboxylic acids is 1. The third-order valence-electron chi connectivity index (χ3n) is 3.70. The highest BCUT2D eigenvalue weighted by Gasteiger charge is 2.06. The van der Waals surface area contributed by atoms with Crippen LogP contribution in [0.2, 0.25) is 5.02 Å². The van der Waals surface area contributed by atoms with Gasteiger partial charge in [-0.25, -0.2) is 5.43 Å². The first kappa shape index (κ1) is 18.2. The number of hydrogen-bond donors (Lipinski definition) is 3. The molecule has 0 saturated carbocycles. The number of aromatic hydroxyl groups is 1. The molecule has 3 aromatic rings. The number of amides is 1. The van der Waals surface area contributed by atoms with Crippen LogP contribution in [-0.2, 0) is 4.79 Å². The number of carbonyl (C=O) groups is 1. The molecule has 0 aliphatic rings. The molecule has 0 aromatic heterocycles. The zero-order valence-corrected chi connectivity index (χ0v) is 15.9. The fraction of sp³-hybridized carbons (Fsp3) is 0.0526. The number of rotatable bonds is 5. The van der Waals surface area contributed by atoms with Crippen molar-refractivity contribution in [3.8, 4) is 5.75 Å². The summed E-state index contributed by atoms with van der Waals surface area (Å²) in [7, 11) is 0. The van der Waals surface area contributed by atoms with Crippen LogP contribution < -0.4 is 10.7 Å². The van der Waals surface area contributed by atoms with Gasteiger partial charge in [-0.15, -0.1) is 0 Å². The van der Waals surface area contributed by atoms with Crippen molar-refractivity contribution in [2.45, 2.75) is 0 Å². The Balaban J connectivity index is 1.64. The lowest BCUT2D eigenvalue weighted by molar-refractivity contribution is -0.119. The quantitative estimate of drug-likeness (QED) is 0.410. The first-order chi connectivity index (χ1) is 12.5. The van der Waals surface area contributed by atoms with Gasteiger partial charge in [0.15, 0.2) is 0 Å². The van der Waals surface area contributed by atoms with Gasteiger partial charge in [-0.2, -0.15) is 5.10 Å². The minimum atomic E-state index is -0.317. The summed E-state index contributed by atoms with van der Waals surface area (Å²) < 4.78 is 0.766. The minimum absolute atomic E-state index is 0.0408. The average molecular weight is 433 g/mol. The maximum atomic E-state index is 11.9. The topological polar surface area (TPSA) is 73.7 Å². The van der Waals surface area contributed by atoms with Crippen molar-refractivity contribution in [1.82, 2.24) is 5.43 Å². The van der Waals surface area contributed by atoms with Crippen molar-refractivity contribution in [3.63, 3.8) is 0 Å². The zero-order valence-electron chi connectivity index (χ0n) is 13.5. The number of halogens is 2. The molecule has 0 aliphatic heterocycles.